The smallest absolute Gasteiger partial charge is 0.0427 e. The lowest BCUT2D eigenvalue weighted by Gasteiger charge is -2.40. The third-order valence-electron chi connectivity index (χ3n) is 4.19. The van der Waals surface area contributed by atoms with Crippen molar-refractivity contribution in [1.29, 1.82) is 0 Å². The van der Waals surface area contributed by atoms with Gasteiger partial charge in [-0.3, -0.25) is 4.98 Å². The van der Waals surface area contributed by atoms with Crippen LogP contribution in [0.5, 0.6) is 0 Å². The first-order chi connectivity index (χ1) is 7.51. The normalized spacial score (nSPS) is 35.0. The van der Waals surface area contributed by atoms with E-state index in [4.69, 9.17) is 5.73 Å². The second-order valence-corrected chi connectivity index (χ2v) is 5.54. The van der Waals surface area contributed by atoms with E-state index >= 15 is 0 Å². The van der Waals surface area contributed by atoms with E-state index in [1.165, 1.54) is 12.0 Å². The maximum absolute atomic E-state index is 6.54. The van der Waals surface area contributed by atoms with Crippen molar-refractivity contribution in [3.63, 3.8) is 0 Å². The minimum atomic E-state index is -0.146. The van der Waals surface area contributed by atoms with Crippen LogP contribution in [0.4, 0.5) is 0 Å². The van der Waals surface area contributed by atoms with Crippen LogP contribution in [0.1, 0.15) is 44.4 Å². The van der Waals surface area contributed by atoms with E-state index in [0.717, 1.165) is 24.5 Å². The van der Waals surface area contributed by atoms with E-state index < -0.39 is 0 Å². The van der Waals surface area contributed by atoms with Crippen molar-refractivity contribution >= 4 is 0 Å². The monoisotopic (exact) mass is 218 g/mol. The van der Waals surface area contributed by atoms with E-state index in [9.17, 15) is 0 Å². The zero-order valence-corrected chi connectivity index (χ0v) is 10.5. The summed E-state index contributed by atoms with van der Waals surface area (Å²) >= 11 is 0. The molecule has 0 aliphatic heterocycles. The Balaban J connectivity index is 2.22. The molecule has 88 valence electrons. The minimum Gasteiger partial charge on any atom is -0.321 e. The molecule has 1 aromatic rings. The Morgan fingerprint density at radius 1 is 1.31 bits per heavy atom. The lowest BCUT2D eigenvalue weighted by atomic mass is 9.69. The lowest BCUT2D eigenvalue weighted by Crippen LogP contribution is -2.43. The summed E-state index contributed by atoms with van der Waals surface area (Å²) in [5.41, 5.74) is 8.66. The fourth-order valence-corrected chi connectivity index (χ4v) is 2.67. The molecule has 2 nitrogen and oxygen atoms in total. The standard InChI is InChI=1S/C14H22N2/c1-10-6-7-14(15,8-11(10)2)13-5-4-12(3)16-9-13/h4-5,9-11H,6-8,15H2,1-3H3. The molecule has 1 heterocycles. The molecule has 1 aliphatic carbocycles. The summed E-state index contributed by atoms with van der Waals surface area (Å²) in [4.78, 5) is 4.36. The first kappa shape index (κ1) is 11.6. The second kappa shape index (κ2) is 4.17. The zero-order valence-electron chi connectivity index (χ0n) is 10.5. The van der Waals surface area contributed by atoms with Crippen molar-refractivity contribution in [3.05, 3.63) is 29.6 Å². The topological polar surface area (TPSA) is 38.9 Å². The van der Waals surface area contributed by atoms with Crippen LogP contribution in [0, 0.1) is 18.8 Å². The first-order valence-electron chi connectivity index (χ1n) is 6.23. The van der Waals surface area contributed by atoms with Crippen LogP contribution in [0.25, 0.3) is 0 Å². The number of nitrogens with two attached hydrogens (primary N) is 1. The second-order valence-electron chi connectivity index (χ2n) is 5.54. The molecule has 2 rings (SSSR count). The number of pyridine rings is 1. The molecular weight excluding hydrogens is 196 g/mol. The van der Waals surface area contributed by atoms with Crippen LogP contribution in [-0.2, 0) is 5.54 Å². The average molecular weight is 218 g/mol. The Kier molecular flexibility index (Phi) is 3.02. The van der Waals surface area contributed by atoms with Crippen molar-refractivity contribution in [1.82, 2.24) is 4.98 Å². The molecule has 0 radical (unpaired) electrons. The average Bonchev–Trinajstić information content (AvgIpc) is 2.25. The van der Waals surface area contributed by atoms with Gasteiger partial charge >= 0.3 is 0 Å². The van der Waals surface area contributed by atoms with Crippen molar-refractivity contribution in [2.24, 2.45) is 17.6 Å². The SMILES string of the molecule is Cc1ccc(C2(N)CCC(C)C(C)C2)cn1. The highest BCUT2D eigenvalue weighted by Crippen LogP contribution is 2.40. The first-order valence-corrected chi connectivity index (χ1v) is 6.23. The van der Waals surface area contributed by atoms with Gasteiger partial charge in [0.15, 0.2) is 0 Å². The van der Waals surface area contributed by atoms with E-state index in [2.05, 4.69) is 31.0 Å². The highest BCUT2D eigenvalue weighted by Gasteiger charge is 2.35. The molecule has 0 amide bonds. The molecule has 3 unspecified atom stereocenters. The van der Waals surface area contributed by atoms with Crippen molar-refractivity contribution in [3.8, 4) is 0 Å². The Labute approximate surface area is 98.3 Å². The summed E-state index contributed by atoms with van der Waals surface area (Å²) < 4.78 is 0. The molecule has 1 aromatic heterocycles. The van der Waals surface area contributed by atoms with Crippen LogP contribution in [0.2, 0.25) is 0 Å². The molecule has 3 atom stereocenters. The van der Waals surface area contributed by atoms with Crippen LogP contribution in [-0.4, -0.2) is 4.98 Å². The summed E-state index contributed by atoms with van der Waals surface area (Å²) in [7, 11) is 0. The molecule has 0 spiro atoms. The number of hydrogen-bond donors (Lipinski definition) is 1. The van der Waals surface area contributed by atoms with E-state index in [-0.39, 0.29) is 5.54 Å². The molecule has 1 saturated carbocycles. The number of aryl methyl sites for hydroxylation is 1. The molecule has 0 saturated heterocycles. The Bertz CT molecular complexity index is 358. The van der Waals surface area contributed by atoms with Crippen LogP contribution >= 0.6 is 0 Å². The Morgan fingerprint density at radius 2 is 2.06 bits per heavy atom. The molecule has 0 aromatic carbocycles. The van der Waals surface area contributed by atoms with Crippen LogP contribution < -0.4 is 5.73 Å². The zero-order chi connectivity index (χ0) is 11.8. The van der Waals surface area contributed by atoms with E-state index in [0.29, 0.717) is 5.92 Å². The van der Waals surface area contributed by atoms with E-state index in [1.807, 2.05) is 13.1 Å². The quantitative estimate of drug-likeness (QED) is 0.787. The van der Waals surface area contributed by atoms with Crippen molar-refractivity contribution in [2.45, 2.75) is 45.6 Å². The number of hydrogen-bond acceptors (Lipinski definition) is 2. The molecule has 2 N–H and O–H groups in total. The van der Waals surface area contributed by atoms with Gasteiger partial charge in [-0.25, -0.2) is 0 Å². The number of rotatable bonds is 1. The summed E-state index contributed by atoms with van der Waals surface area (Å²) in [6.07, 6.45) is 5.35. The van der Waals surface area contributed by atoms with Gasteiger partial charge in [0.2, 0.25) is 0 Å². The van der Waals surface area contributed by atoms with E-state index in [1.54, 1.807) is 0 Å². The largest absolute Gasteiger partial charge is 0.321 e. The maximum Gasteiger partial charge on any atom is 0.0427 e. The van der Waals surface area contributed by atoms with Gasteiger partial charge in [-0.15, -0.1) is 0 Å². The molecule has 2 heteroatoms. The third kappa shape index (κ3) is 2.12. The minimum absolute atomic E-state index is 0.146. The van der Waals surface area contributed by atoms with Gasteiger partial charge in [-0.2, -0.15) is 0 Å². The fraction of sp³-hybridized carbons (Fsp3) is 0.643. The Morgan fingerprint density at radius 3 is 2.62 bits per heavy atom. The van der Waals surface area contributed by atoms with Crippen LogP contribution in [0.3, 0.4) is 0 Å². The summed E-state index contributed by atoms with van der Waals surface area (Å²) in [5.74, 6) is 1.51. The van der Waals surface area contributed by atoms with Crippen molar-refractivity contribution < 1.29 is 0 Å². The fourth-order valence-electron chi connectivity index (χ4n) is 2.67. The van der Waals surface area contributed by atoms with Crippen molar-refractivity contribution in [2.75, 3.05) is 0 Å². The predicted octanol–water partition coefficient (Wildman–Crippen LogP) is 3.00. The molecule has 16 heavy (non-hydrogen) atoms. The highest BCUT2D eigenvalue weighted by molar-refractivity contribution is 5.23. The van der Waals surface area contributed by atoms with Gasteiger partial charge < -0.3 is 5.73 Å². The summed E-state index contributed by atoms with van der Waals surface area (Å²) in [6, 6.07) is 4.21. The lowest BCUT2D eigenvalue weighted by molar-refractivity contribution is 0.176. The molecular formula is C14H22N2. The molecule has 1 fully saturated rings. The Hall–Kier alpha value is -0.890. The van der Waals surface area contributed by atoms with Gasteiger partial charge in [0.1, 0.15) is 0 Å². The molecule has 1 aliphatic rings. The third-order valence-corrected chi connectivity index (χ3v) is 4.19. The summed E-state index contributed by atoms with van der Waals surface area (Å²) in [5, 5.41) is 0. The summed E-state index contributed by atoms with van der Waals surface area (Å²) in [6.45, 7) is 6.66. The van der Waals surface area contributed by atoms with Gasteiger partial charge in [-0.1, -0.05) is 19.9 Å². The van der Waals surface area contributed by atoms with Gasteiger partial charge in [0.25, 0.3) is 0 Å². The highest BCUT2D eigenvalue weighted by atomic mass is 14.8. The number of aromatic nitrogens is 1. The molecule has 0 bridgehead atoms. The van der Waals surface area contributed by atoms with Gasteiger partial charge in [0, 0.05) is 17.4 Å². The van der Waals surface area contributed by atoms with Gasteiger partial charge in [0.05, 0.1) is 0 Å². The van der Waals surface area contributed by atoms with Crippen LogP contribution in [0.15, 0.2) is 18.3 Å². The predicted molar refractivity (Wildman–Crippen MR) is 67.0 cm³/mol. The number of nitrogens with zero attached hydrogens (tertiary/aromatic N) is 1. The van der Waals surface area contributed by atoms with Gasteiger partial charge in [-0.05, 0) is 49.7 Å². The maximum atomic E-state index is 6.54.